The summed E-state index contributed by atoms with van der Waals surface area (Å²) in [6, 6.07) is 1.21. The number of hydrogen-bond donors (Lipinski definition) is 2. The molecular weight excluding hydrogens is 324 g/mol. The Bertz CT molecular complexity index is 889. The number of fused-ring (bicyclic) bond motifs is 1. The second-order valence-corrected chi connectivity index (χ2v) is 6.36. The summed E-state index contributed by atoms with van der Waals surface area (Å²) in [5.41, 5.74) is 1.04. The van der Waals surface area contributed by atoms with E-state index in [9.17, 15) is 14.4 Å². The molecule has 1 aliphatic heterocycles. The van der Waals surface area contributed by atoms with Crippen LogP contribution in [0.5, 0.6) is 0 Å². The van der Waals surface area contributed by atoms with Crippen LogP contribution in [-0.2, 0) is 16.6 Å². The molecule has 3 heterocycles. The Labute approximate surface area is 144 Å². The van der Waals surface area contributed by atoms with E-state index in [0.717, 1.165) is 16.0 Å². The number of pyridine rings is 1. The number of nitrogens with one attached hydrogen (secondary N) is 2. The average Bonchev–Trinajstić information content (AvgIpc) is 2.96. The molecule has 1 aliphatic rings. The second kappa shape index (κ2) is 5.83. The first-order chi connectivity index (χ1) is 11.7. The maximum atomic E-state index is 12.3. The van der Waals surface area contributed by atoms with Crippen LogP contribution in [0.25, 0.3) is 11.0 Å². The van der Waals surface area contributed by atoms with Crippen LogP contribution in [0.1, 0.15) is 26.0 Å². The first kappa shape index (κ1) is 16.9. The van der Waals surface area contributed by atoms with E-state index in [4.69, 9.17) is 0 Å². The molecule has 2 aromatic heterocycles. The molecule has 25 heavy (non-hydrogen) atoms. The maximum Gasteiger partial charge on any atom is 0.325 e. The summed E-state index contributed by atoms with van der Waals surface area (Å²) in [5.74, 6) is -0.863. The first-order valence-electron chi connectivity index (χ1n) is 7.98. The van der Waals surface area contributed by atoms with Gasteiger partial charge in [-0.25, -0.2) is 9.78 Å². The Kier molecular flexibility index (Phi) is 3.94. The Hall–Kier alpha value is -2.97. The van der Waals surface area contributed by atoms with Crippen molar-refractivity contribution in [2.75, 3.05) is 11.9 Å². The molecule has 2 aromatic rings. The Morgan fingerprint density at radius 3 is 2.76 bits per heavy atom. The van der Waals surface area contributed by atoms with Gasteiger partial charge in [-0.1, -0.05) is 6.92 Å². The molecule has 2 N–H and O–H groups in total. The minimum absolute atomic E-state index is 0.343. The highest BCUT2D eigenvalue weighted by atomic mass is 16.2. The van der Waals surface area contributed by atoms with E-state index in [2.05, 4.69) is 20.7 Å². The van der Waals surface area contributed by atoms with Gasteiger partial charge in [0, 0.05) is 12.4 Å². The first-order valence-corrected chi connectivity index (χ1v) is 7.98. The van der Waals surface area contributed by atoms with E-state index < -0.39 is 23.4 Å². The summed E-state index contributed by atoms with van der Waals surface area (Å²) in [6.45, 7) is 4.96. The molecule has 132 valence electrons. The molecule has 0 saturated carbocycles. The maximum absolute atomic E-state index is 12.3. The van der Waals surface area contributed by atoms with Crippen LogP contribution in [0.4, 0.5) is 10.5 Å². The fraction of sp³-hybridized carbons (Fsp3) is 0.438. The number of hydrogen-bond acceptors (Lipinski definition) is 5. The molecule has 1 saturated heterocycles. The largest absolute Gasteiger partial charge is 0.325 e. The standard InChI is InChI=1S/C16H20N6O3/c1-5-16(3)14(24)22(15(25)19-16)8-12(23)18-10-6-11-9(2)20-21(4)13(11)17-7-10/h6-7H,5,8H2,1-4H3,(H,18,23)(H,19,25)/t16-/m1/s1. The van der Waals surface area contributed by atoms with Gasteiger partial charge in [-0.15, -0.1) is 0 Å². The lowest BCUT2D eigenvalue weighted by molar-refractivity contribution is -0.133. The van der Waals surface area contributed by atoms with E-state index in [1.54, 1.807) is 31.6 Å². The van der Waals surface area contributed by atoms with E-state index in [-0.39, 0.29) is 6.54 Å². The van der Waals surface area contributed by atoms with Gasteiger partial charge < -0.3 is 10.6 Å². The lowest BCUT2D eigenvalue weighted by Crippen LogP contribution is -2.44. The number of aryl methyl sites for hydroxylation is 2. The van der Waals surface area contributed by atoms with Gasteiger partial charge >= 0.3 is 6.03 Å². The fourth-order valence-corrected chi connectivity index (χ4v) is 2.85. The number of aromatic nitrogens is 3. The van der Waals surface area contributed by atoms with Crippen molar-refractivity contribution >= 4 is 34.6 Å². The highest BCUT2D eigenvalue weighted by molar-refractivity contribution is 6.10. The Balaban J connectivity index is 1.74. The minimum atomic E-state index is -0.954. The summed E-state index contributed by atoms with van der Waals surface area (Å²) >= 11 is 0. The molecule has 4 amide bonds. The predicted molar refractivity (Wildman–Crippen MR) is 90.8 cm³/mol. The van der Waals surface area contributed by atoms with Gasteiger partial charge in [0.05, 0.1) is 17.6 Å². The van der Waals surface area contributed by atoms with Gasteiger partial charge in [0.2, 0.25) is 5.91 Å². The van der Waals surface area contributed by atoms with E-state index >= 15 is 0 Å². The fourth-order valence-electron chi connectivity index (χ4n) is 2.85. The molecule has 1 fully saturated rings. The summed E-state index contributed by atoms with van der Waals surface area (Å²) in [7, 11) is 1.79. The lowest BCUT2D eigenvalue weighted by atomic mass is 9.99. The molecule has 9 heteroatoms. The van der Waals surface area contributed by atoms with Crippen molar-refractivity contribution < 1.29 is 14.4 Å². The summed E-state index contributed by atoms with van der Waals surface area (Å²) in [5, 5.41) is 10.4. The molecule has 0 unspecified atom stereocenters. The van der Waals surface area contributed by atoms with Crippen LogP contribution in [0.3, 0.4) is 0 Å². The quantitative estimate of drug-likeness (QED) is 0.802. The number of carbonyl (C=O) groups excluding carboxylic acids is 3. The molecule has 0 radical (unpaired) electrons. The number of carbonyl (C=O) groups is 3. The van der Waals surface area contributed by atoms with Gasteiger partial charge in [-0.3, -0.25) is 19.2 Å². The minimum Gasteiger partial charge on any atom is -0.323 e. The Morgan fingerprint density at radius 2 is 2.12 bits per heavy atom. The highest BCUT2D eigenvalue weighted by Crippen LogP contribution is 2.21. The van der Waals surface area contributed by atoms with Crippen LogP contribution in [-0.4, -0.2) is 49.6 Å². The van der Waals surface area contributed by atoms with Crippen molar-refractivity contribution in [1.29, 1.82) is 0 Å². The molecule has 0 spiro atoms. The van der Waals surface area contributed by atoms with Crippen LogP contribution in [0.2, 0.25) is 0 Å². The summed E-state index contributed by atoms with van der Waals surface area (Å²) in [4.78, 5) is 41.7. The van der Waals surface area contributed by atoms with Gasteiger partial charge in [-0.05, 0) is 26.3 Å². The smallest absolute Gasteiger partial charge is 0.323 e. The molecule has 9 nitrogen and oxygen atoms in total. The number of anilines is 1. The van der Waals surface area contributed by atoms with E-state index in [0.29, 0.717) is 17.8 Å². The zero-order chi connectivity index (χ0) is 18.4. The molecular formula is C16H20N6O3. The van der Waals surface area contributed by atoms with Gasteiger partial charge in [0.1, 0.15) is 12.1 Å². The van der Waals surface area contributed by atoms with Crippen molar-refractivity contribution in [2.45, 2.75) is 32.7 Å². The van der Waals surface area contributed by atoms with Crippen molar-refractivity contribution in [2.24, 2.45) is 7.05 Å². The van der Waals surface area contributed by atoms with Crippen LogP contribution in [0.15, 0.2) is 12.3 Å². The van der Waals surface area contributed by atoms with E-state index in [1.807, 2.05) is 6.92 Å². The van der Waals surface area contributed by atoms with Crippen molar-refractivity contribution in [1.82, 2.24) is 25.0 Å². The van der Waals surface area contributed by atoms with Crippen LogP contribution in [0, 0.1) is 6.92 Å². The number of rotatable bonds is 4. The molecule has 3 rings (SSSR count). The van der Waals surface area contributed by atoms with Crippen LogP contribution < -0.4 is 10.6 Å². The SMILES string of the molecule is CC[C@@]1(C)NC(=O)N(CC(=O)Nc2cnc3c(c2)c(C)nn3C)C1=O. The third-order valence-corrected chi connectivity index (χ3v) is 4.50. The normalized spacial score (nSPS) is 20.2. The molecule has 0 aromatic carbocycles. The number of imide groups is 1. The topological polar surface area (TPSA) is 109 Å². The number of urea groups is 1. The van der Waals surface area contributed by atoms with Crippen molar-refractivity contribution in [3.05, 3.63) is 18.0 Å². The lowest BCUT2D eigenvalue weighted by Gasteiger charge is -2.19. The third kappa shape index (κ3) is 2.81. The predicted octanol–water partition coefficient (Wildman–Crippen LogP) is 0.936. The Morgan fingerprint density at radius 1 is 1.40 bits per heavy atom. The van der Waals surface area contributed by atoms with Gasteiger partial charge in [0.25, 0.3) is 5.91 Å². The average molecular weight is 344 g/mol. The summed E-state index contributed by atoms with van der Waals surface area (Å²) < 4.78 is 1.66. The van der Waals surface area contributed by atoms with Crippen molar-refractivity contribution in [3.8, 4) is 0 Å². The zero-order valence-corrected chi connectivity index (χ0v) is 14.6. The molecule has 0 aliphatic carbocycles. The number of nitrogens with zero attached hydrogens (tertiary/aromatic N) is 4. The van der Waals surface area contributed by atoms with Gasteiger partial charge in [0.15, 0.2) is 5.65 Å². The van der Waals surface area contributed by atoms with Crippen molar-refractivity contribution in [3.63, 3.8) is 0 Å². The number of amides is 4. The van der Waals surface area contributed by atoms with E-state index in [1.165, 1.54) is 6.20 Å². The monoisotopic (exact) mass is 344 g/mol. The van der Waals surface area contributed by atoms with Gasteiger partial charge in [-0.2, -0.15) is 5.10 Å². The molecule has 0 bridgehead atoms. The molecule has 1 atom stereocenters. The van der Waals surface area contributed by atoms with Crippen LogP contribution >= 0.6 is 0 Å². The second-order valence-electron chi connectivity index (χ2n) is 6.36. The zero-order valence-electron chi connectivity index (χ0n) is 14.6. The highest BCUT2D eigenvalue weighted by Gasteiger charge is 2.46. The third-order valence-electron chi connectivity index (χ3n) is 4.50. The summed E-state index contributed by atoms with van der Waals surface area (Å²) in [6.07, 6.45) is 1.97.